The van der Waals surface area contributed by atoms with Crippen molar-refractivity contribution in [3.8, 4) is 10.6 Å². The Morgan fingerprint density at radius 2 is 2.12 bits per heavy atom. The predicted octanol–water partition coefficient (Wildman–Crippen LogP) is 3.88. The number of hydrogen-bond donors (Lipinski definition) is 1. The molecule has 0 saturated heterocycles. The lowest BCUT2D eigenvalue weighted by Crippen LogP contribution is -2.32. The molecule has 0 aliphatic carbocycles. The number of rotatable bonds is 7. The SMILES string of the molecule is CC(Cc1ccccc1F)C(=O)NCCc1csc(-c2cccnc2)n1. The molecule has 0 radical (unpaired) electrons. The number of carbonyl (C=O) groups is 1. The van der Waals surface area contributed by atoms with Crippen molar-refractivity contribution in [2.45, 2.75) is 19.8 Å². The fourth-order valence-corrected chi connectivity index (χ4v) is 3.46. The quantitative estimate of drug-likeness (QED) is 0.688. The standard InChI is InChI=1S/C20H20FN3OS/c1-14(11-15-5-2-3-7-18(15)21)19(25)23-10-8-17-13-26-20(24-17)16-6-4-9-22-12-16/h2-7,9,12-14H,8,10-11H2,1H3,(H,23,25). The summed E-state index contributed by atoms with van der Waals surface area (Å²) >= 11 is 1.57. The molecule has 0 spiro atoms. The molecular formula is C20H20FN3OS. The average Bonchev–Trinajstić information content (AvgIpc) is 3.13. The number of benzene rings is 1. The van der Waals surface area contributed by atoms with Crippen molar-refractivity contribution >= 4 is 17.2 Å². The third-order valence-corrected chi connectivity index (χ3v) is 5.01. The Labute approximate surface area is 156 Å². The van der Waals surface area contributed by atoms with Crippen LogP contribution in [0.15, 0.2) is 54.2 Å². The van der Waals surface area contributed by atoms with Gasteiger partial charge < -0.3 is 5.32 Å². The number of carbonyl (C=O) groups excluding carboxylic acids is 1. The van der Waals surface area contributed by atoms with E-state index in [1.807, 2.05) is 24.4 Å². The van der Waals surface area contributed by atoms with Crippen LogP contribution in [0.3, 0.4) is 0 Å². The van der Waals surface area contributed by atoms with Crippen LogP contribution in [0.25, 0.3) is 10.6 Å². The molecule has 0 aliphatic heterocycles. The van der Waals surface area contributed by atoms with Crippen LogP contribution < -0.4 is 5.32 Å². The first-order valence-corrected chi connectivity index (χ1v) is 9.37. The molecule has 1 atom stereocenters. The Bertz CT molecular complexity index is 866. The lowest BCUT2D eigenvalue weighted by molar-refractivity contribution is -0.124. The Balaban J connectivity index is 1.48. The van der Waals surface area contributed by atoms with E-state index < -0.39 is 0 Å². The van der Waals surface area contributed by atoms with E-state index in [2.05, 4.69) is 15.3 Å². The van der Waals surface area contributed by atoms with Gasteiger partial charge in [0.15, 0.2) is 0 Å². The lowest BCUT2D eigenvalue weighted by atomic mass is 10.00. The summed E-state index contributed by atoms with van der Waals surface area (Å²) in [6.45, 7) is 2.32. The van der Waals surface area contributed by atoms with Crippen LogP contribution in [0.2, 0.25) is 0 Å². The van der Waals surface area contributed by atoms with Gasteiger partial charge in [0.2, 0.25) is 5.91 Å². The average molecular weight is 369 g/mol. The van der Waals surface area contributed by atoms with Gasteiger partial charge in [0, 0.05) is 42.2 Å². The molecule has 2 heterocycles. The van der Waals surface area contributed by atoms with Crippen molar-refractivity contribution in [2.24, 2.45) is 5.92 Å². The van der Waals surface area contributed by atoms with E-state index in [1.54, 1.807) is 41.9 Å². The second kappa shape index (κ2) is 8.67. The zero-order valence-corrected chi connectivity index (χ0v) is 15.3. The molecule has 3 aromatic rings. The molecule has 1 unspecified atom stereocenters. The summed E-state index contributed by atoms with van der Waals surface area (Å²) in [7, 11) is 0. The molecular weight excluding hydrogens is 349 g/mol. The highest BCUT2D eigenvalue weighted by atomic mass is 32.1. The van der Waals surface area contributed by atoms with E-state index in [-0.39, 0.29) is 17.6 Å². The molecule has 0 aliphatic rings. The third kappa shape index (κ3) is 4.73. The van der Waals surface area contributed by atoms with Gasteiger partial charge in [-0.25, -0.2) is 9.37 Å². The molecule has 1 aromatic carbocycles. The highest BCUT2D eigenvalue weighted by Crippen LogP contribution is 2.22. The Hall–Kier alpha value is -2.60. The number of nitrogens with one attached hydrogen (secondary N) is 1. The molecule has 0 bridgehead atoms. The minimum Gasteiger partial charge on any atom is -0.355 e. The summed E-state index contributed by atoms with van der Waals surface area (Å²) in [5, 5.41) is 5.83. The Kier molecular flexibility index (Phi) is 6.07. The smallest absolute Gasteiger partial charge is 0.223 e. The second-order valence-electron chi connectivity index (χ2n) is 6.12. The van der Waals surface area contributed by atoms with E-state index in [9.17, 15) is 9.18 Å². The van der Waals surface area contributed by atoms with Gasteiger partial charge in [0.05, 0.1) is 5.69 Å². The van der Waals surface area contributed by atoms with E-state index in [1.165, 1.54) is 6.07 Å². The van der Waals surface area contributed by atoms with Crippen molar-refractivity contribution in [2.75, 3.05) is 6.54 Å². The van der Waals surface area contributed by atoms with E-state index in [0.29, 0.717) is 24.9 Å². The maximum atomic E-state index is 13.7. The van der Waals surface area contributed by atoms with Gasteiger partial charge in [-0.3, -0.25) is 9.78 Å². The first-order valence-electron chi connectivity index (χ1n) is 8.49. The maximum absolute atomic E-state index is 13.7. The number of thiazole rings is 1. The number of halogens is 1. The molecule has 6 heteroatoms. The van der Waals surface area contributed by atoms with Crippen LogP contribution in [0.4, 0.5) is 4.39 Å². The second-order valence-corrected chi connectivity index (χ2v) is 6.98. The van der Waals surface area contributed by atoms with Crippen molar-refractivity contribution in [3.05, 3.63) is 71.2 Å². The number of hydrogen-bond acceptors (Lipinski definition) is 4. The molecule has 3 rings (SSSR count). The van der Waals surface area contributed by atoms with Crippen LogP contribution in [0, 0.1) is 11.7 Å². The van der Waals surface area contributed by atoms with Gasteiger partial charge in [-0.05, 0) is 30.2 Å². The normalized spacial score (nSPS) is 11.9. The van der Waals surface area contributed by atoms with Crippen LogP contribution in [-0.4, -0.2) is 22.4 Å². The van der Waals surface area contributed by atoms with E-state index in [0.717, 1.165) is 16.3 Å². The number of amides is 1. The largest absolute Gasteiger partial charge is 0.355 e. The summed E-state index contributed by atoms with van der Waals surface area (Å²) in [6, 6.07) is 10.4. The zero-order chi connectivity index (χ0) is 18.4. The fourth-order valence-electron chi connectivity index (χ4n) is 2.62. The molecule has 0 fully saturated rings. The van der Waals surface area contributed by atoms with E-state index in [4.69, 9.17) is 0 Å². The number of pyridine rings is 1. The lowest BCUT2D eigenvalue weighted by Gasteiger charge is -2.12. The Morgan fingerprint density at radius 1 is 1.27 bits per heavy atom. The van der Waals surface area contributed by atoms with Gasteiger partial charge in [-0.15, -0.1) is 11.3 Å². The molecule has 134 valence electrons. The van der Waals surface area contributed by atoms with Crippen molar-refractivity contribution < 1.29 is 9.18 Å². The fraction of sp³-hybridized carbons (Fsp3) is 0.250. The highest BCUT2D eigenvalue weighted by Gasteiger charge is 2.15. The summed E-state index contributed by atoms with van der Waals surface area (Å²) < 4.78 is 13.7. The predicted molar refractivity (Wildman–Crippen MR) is 101 cm³/mol. The molecule has 1 N–H and O–H groups in total. The van der Waals surface area contributed by atoms with Crippen molar-refractivity contribution in [1.82, 2.24) is 15.3 Å². The van der Waals surface area contributed by atoms with Gasteiger partial charge in [-0.1, -0.05) is 25.1 Å². The molecule has 0 saturated carbocycles. The monoisotopic (exact) mass is 369 g/mol. The van der Waals surface area contributed by atoms with Crippen LogP contribution in [0.5, 0.6) is 0 Å². The van der Waals surface area contributed by atoms with Crippen molar-refractivity contribution in [3.63, 3.8) is 0 Å². The zero-order valence-electron chi connectivity index (χ0n) is 14.5. The summed E-state index contributed by atoms with van der Waals surface area (Å²) in [6.07, 6.45) is 4.57. The number of aromatic nitrogens is 2. The van der Waals surface area contributed by atoms with Crippen LogP contribution in [0.1, 0.15) is 18.2 Å². The molecule has 4 nitrogen and oxygen atoms in total. The molecule has 2 aromatic heterocycles. The van der Waals surface area contributed by atoms with Gasteiger partial charge in [0.25, 0.3) is 0 Å². The van der Waals surface area contributed by atoms with Gasteiger partial charge in [-0.2, -0.15) is 0 Å². The first-order chi connectivity index (χ1) is 12.6. The molecule has 1 amide bonds. The van der Waals surface area contributed by atoms with Gasteiger partial charge >= 0.3 is 0 Å². The Morgan fingerprint density at radius 3 is 2.88 bits per heavy atom. The summed E-state index contributed by atoms with van der Waals surface area (Å²) in [5.74, 6) is -0.623. The minimum atomic E-state index is -0.284. The number of nitrogens with zero attached hydrogens (tertiary/aromatic N) is 2. The van der Waals surface area contributed by atoms with E-state index >= 15 is 0 Å². The molecule has 26 heavy (non-hydrogen) atoms. The third-order valence-electron chi connectivity index (χ3n) is 4.07. The van der Waals surface area contributed by atoms with Crippen LogP contribution in [-0.2, 0) is 17.6 Å². The summed E-state index contributed by atoms with van der Waals surface area (Å²) in [4.78, 5) is 20.9. The summed E-state index contributed by atoms with van der Waals surface area (Å²) in [5.41, 5.74) is 2.50. The highest BCUT2D eigenvalue weighted by molar-refractivity contribution is 7.13. The van der Waals surface area contributed by atoms with Gasteiger partial charge in [0.1, 0.15) is 10.8 Å². The topological polar surface area (TPSA) is 54.9 Å². The maximum Gasteiger partial charge on any atom is 0.223 e. The van der Waals surface area contributed by atoms with Crippen molar-refractivity contribution in [1.29, 1.82) is 0 Å². The minimum absolute atomic E-state index is 0.0732. The first kappa shape index (κ1) is 18.2. The van der Waals surface area contributed by atoms with Crippen LogP contribution >= 0.6 is 11.3 Å².